The SMILES string of the molecule is CC(C)(C)c1cc(-c2ccccc2)ccc1N(c1ccc2c(c1)oc1ccccc12)c1cccc2c1C(C)(C)c1ccccc1-2. The Kier molecular flexibility index (Phi) is 6.09. The van der Waals surface area contributed by atoms with Crippen molar-refractivity contribution >= 4 is 39.0 Å². The van der Waals surface area contributed by atoms with E-state index in [1.165, 1.54) is 50.3 Å². The predicted molar refractivity (Wildman–Crippen MR) is 190 cm³/mol. The van der Waals surface area contributed by atoms with Gasteiger partial charge in [-0.05, 0) is 80.8 Å². The number of benzene rings is 6. The van der Waals surface area contributed by atoms with Crippen molar-refractivity contribution in [1.82, 2.24) is 0 Å². The molecule has 0 fully saturated rings. The highest BCUT2D eigenvalue weighted by molar-refractivity contribution is 6.06. The predicted octanol–water partition coefficient (Wildman–Crippen LogP) is 12.3. The quantitative estimate of drug-likeness (QED) is 0.205. The molecule has 6 aromatic carbocycles. The Morgan fingerprint density at radius 3 is 2.09 bits per heavy atom. The third-order valence-corrected chi connectivity index (χ3v) is 9.57. The lowest BCUT2D eigenvalue weighted by Crippen LogP contribution is -2.23. The molecule has 0 amide bonds. The van der Waals surface area contributed by atoms with Gasteiger partial charge in [0.2, 0.25) is 0 Å². The number of para-hydroxylation sites is 1. The number of hydrogen-bond donors (Lipinski definition) is 0. The Morgan fingerprint density at radius 2 is 1.27 bits per heavy atom. The normalized spacial score (nSPS) is 13.6. The van der Waals surface area contributed by atoms with Crippen molar-refractivity contribution in [3.8, 4) is 22.3 Å². The number of anilines is 3. The van der Waals surface area contributed by atoms with Gasteiger partial charge in [0.25, 0.3) is 0 Å². The Bertz CT molecular complexity index is 2230. The molecule has 8 rings (SSSR count). The van der Waals surface area contributed by atoms with E-state index in [0.29, 0.717) is 0 Å². The van der Waals surface area contributed by atoms with E-state index in [9.17, 15) is 0 Å². The molecule has 1 aliphatic carbocycles. The molecule has 0 atom stereocenters. The third-order valence-electron chi connectivity index (χ3n) is 9.57. The standard InChI is InChI=1S/C43H37NO/c1-42(2,3)36-26-29(28-14-7-6-8-15-28)22-25-37(36)44(30-23-24-33-32-17-10-12-21-39(32)45-40(33)27-30)38-20-13-18-34-31-16-9-11-19-35(31)43(4,5)41(34)38/h6-27H,1-5H3. The van der Waals surface area contributed by atoms with Crippen LogP contribution in [0.2, 0.25) is 0 Å². The van der Waals surface area contributed by atoms with Gasteiger partial charge in [-0.3, -0.25) is 0 Å². The van der Waals surface area contributed by atoms with Crippen LogP contribution in [0.15, 0.2) is 138 Å². The lowest BCUT2D eigenvalue weighted by atomic mass is 9.80. The molecule has 45 heavy (non-hydrogen) atoms. The minimum atomic E-state index is -0.171. The molecule has 2 heteroatoms. The molecule has 0 saturated carbocycles. The maximum absolute atomic E-state index is 6.45. The van der Waals surface area contributed by atoms with Crippen molar-refractivity contribution in [1.29, 1.82) is 0 Å². The average Bonchev–Trinajstić information content (AvgIpc) is 3.53. The second-order valence-corrected chi connectivity index (χ2v) is 13.8. The summed E-state index contributed by atoms with van der Waals surface area (Å²) in [5, 5.41) is 2.28. The topological polar surface area (TPSA) is 16.4 Å². The number of rotatable bonds is 4. The van der Waals surface area contributed by atoms with Crippen LogP contribution in [0.4, 0.5) is 17.1 Å². The summed E-state index contributed by atoms with van der Waals surface area (Å²) in [6.45, 7) is 11.7. The summed E-state index contributed by atoms with van der Waals surface area (Å²) in [5.74, 6) is 0. The summed E-state index contributed by atoms with van der Waals surface area (Å²) < 4.78 is 6.45. The molecule has 2 nitrogen and oxygen atoms in total. The molecule has 0 aliphatic heterocycles. The smallest absolute Gasteiger partial charge is 0.137 e. The van der Waals surface area contributed by atoms with Gasteiger partial charge in [0.15, 0.2) is 0 Å². The second kappa shape index (κ2) is 9.97. The number of hydrogen-bond acceptors (Lipinski definition) is 2. The lowest BCUT2D eigenvalue weighted by Gasteiger charge is -2.35. The molecule has 0 unspecified atom stereocenters. The molecule has 1 heterocycles. The van der Waals surface area contributed by atoms with Crippen molar-refractivity contribution in [2.75, 3.05) is 4.90 Å². The minimum absolute atomic E-state index is 0.113. The van der Waals surface area contributed by atoms with Gasteiger partial charge in [0, 0.05) is 33.6 Å². The van der Waals surface area contributed by atoms with Crippen LogP contribution >= 0.6 is 0 Å². The molecular weight excluding hydrogens is 546 g/mol. The van der Waals surface area contributed by atoms with E-state index in [0.717, 1.165) is 27.6 Å². The largest absolute Gasteiger partial charge is 0.456 e. The minimum Gasteiger partial charge on any atom is -0.456 e. The van der Waals surface area contributed by atoms with Crippen LogP contribution in [-0.2, 0) is 10.8 Å². The molecule has 0 bridgehead atoms. The van der Waals surface area contributed by atoms with Crippen LogP contribution in [0.1, 0.15) is 51.3 Å². The monoisotopic (exact) mass is 583 g/mol. The summed E-state index contributed by atoms with van der Waals surface area (Å²) in [6, 6.07) is 48.4. The lowest BCUT2D eigenvalue weighted by molar-refractivity contribution is 0.591. The van der Waals surface area contributed by atoms with Crippen LogP contribution in [0, 0.1) is 0 Å². The first-order chi connectivity index (χ1) is 21.7. The van der Waals surface area contributed by atoms with E-state index >= 15 is 0 Å². The van der Waals surface area contributed by atoms with E-state index in [2.05, 4.69) is 167 Å². The molecular formula is C43H37NO. The molecule has 0 N–H and O–H groups in total. The van der Waals surface area contributed by atoms with E-state index in [4.69, 9.17) is 4.42 Å². The van der Waals surface area contributed by atoms with Crippen LogP contribution in [0.3, 0.4) is 0 Å². The molecule has 1 aliphatic rings. The molecule has 7 aromatic rings. The number of fused-ring (bicyclic) bond motifs is 6. The number of nitrogens with zero attached hydrogens (tertiary/aromatic N) is 1. The zero-order valence-corrected chi connectivity index (χ0v) is 26.6. The van der Waals surface area contributed by atoms with Gasteiger partial charge >= 0.3 is 0 Å². The highest BCUT2D eigenvalue weighted by Crippen LogP contribution is 2.55. The summed E-state index contributed by atoms with van der Waals surface area (Å²) in [6.07, 6.45) is 0. The van der Waals surface area contributed by atoms with Crippen molar-refractivity contribution < 1.29 is 4.42 Å². The first kappa shape index (κ1) is 27.5. The fourth-order valence-corrected chi connectivity index (χ4v) is 7.41. The zero-order valence-electron chi connectivity index (χ0n) is 26.6. The summed E-state index contributed by atoms with van der Waals surface area (Å²) in [7, 11) is 0. The fraction of sp³-hybridized carbons (Fsp3) is 0.163. The maximum Gasteiger partial charge on any atom is 0.137 e. The van der Waals surface area contributed by atoms with Gasteiger partial charge in [-0.25, -0.2) is 0 Å². The molecule has 0 spiro atoms. The fourth-order valence-electron chi connectivity index (χ4n) is 7.41. The number of furan rings is 1. The van der Waals surface area contributed by atoms with Crippen molar-refractivity contribution in [3.05, 3.63) is 150 Å². The Morgan fingerprint density at radius 1 is 0.556 bits per heavy atom. The van der Waals surface area contributed by atoms with Crippen molar-refractivity contribution in [2.45, 2.75) is 45.4 Å². The van der Waals surface area contributed by atoms with E-state index in [-0.39, 0.29) is 10.8 Å². The highest BCUT2D eigenvalue weighted by Gasteiger charge is 2.39. The van der Waals surface area contributed by atoms with Crippen LogP contribution in [-0.4, -0.2) is 0 Å². The van der Waals surface area contributed by atoms with Crippen LogP contribution < -0.4 is 4.90 Å². The van der Waals surface area contributed by atoms with Crippen molar-refractivity contribution in [3.63, 3.8) is 0 Å². The zero-order chi connectivity index (χ0) is 30.9. The average molecular weight is 584 g/mol. The third kappa shape index (κ3) is 4.31. The van der Waals surface area contributed by atoms with Gasteiger partial charge in [0.05, 0.1) is 5.69 Å². The summed E-state index contributed by atoms with van der Waals surface area (Å²) in [4.78, 5) is 2.48. The summed E-state index contributed by atoms with van der Waals surface area (Å²) in [5.41, 5.74) is 14.1. The van der Waals surface area contributed by atoms with Crippen LogP contribution in [0.5, 0.6) is 0 Å². The van der Waals surface area contributed by atoms with Crippen LogP contribution in [0.25, 0.3) is 44.2 Å². The Balaban J connectivity index is 1.42. The first-order valence-electron chi connectivity index (χ1n) is 15.9. The highest BCUT2D eigenvalue weighted by atomic mass is 16.3. The van der Waals surface area contributed by atoms with E-state index < -0.39 is 0 Å². The van der Waals surface area contributed by atoms with E-state index in [1.54, 1.807) is 0 Å². The molecule has 1 aromatic heterocycles. The maximum atomic E-state index is 6.45. The first-order valence-corrected chi connectivity index (χ1v) is 15.9. The van der Waals surface area contributed by atoms with Gasteiger partial charge in [-0.1, -0.05) is 126 Å². The van der Waals surface area contributed by atoms with Gasteiger partial charge in [-0.2, -0.15) is 0 Å². The van der Waals surface area contributed by atoms with Gasteiger partial charge in [0.1, 0.15) is 11.2 Å². The van der Waals surface area contributed by atoms with Gasteiger partial charge < -0.3 is 9.32 Å². The van der Waals surface area contributed by atoms with Gasteiger partial charge in [-0.15, -0.1) is 0 Å². The Hall–Kier alpha value is -5.08. The summed E-state index contributed by atoms with van der Waals surface area (Å²) >= 11 is 0. The van der Waals surface area contributed by atoms with Crippen molar-refractivity contribution in [2.24, 2.45) is 0 Å². The Labute approximate surface area is 265 Å². The molecule has 220 valence electrons. The molecule has 0 saturated heterocycles. The molecule has 0 radical (unpaired) electrons. The van der Waals surface area contributed by atoms with E-state index in [1.807, 2.05) is 6.07 Å². The second-order valence-electron chi connectivity index (χ2n) is 13.8.